The SMILES string of the molecule is CCc1nc2cc(C3CC3)ccn2c1C=O. The minimum atomic E-state index is 0.694. The van der Waals surface area contributed by atoms with Crippen LogP contribution >= 0.6 is 0 Å². The van der Waals surface area contributed by atoms with E-state index >= 15 is 0 Å². The van der Waals surface area contributed by atoms with E-state index in [2.05, 4.69) is 17.1 Å². The molecule has 0 amide bonds. The minimum absolute atomic E-state index is 0.694. The van der Waals surface area contributed by atoms with Crippen molar-refractivity contribution >= 4 is 11.9 Å². The van der Waals surface area contributed by atoms with Crippen LogP contribution in [0.15, 0.2) is 18.3 Å². The van der Waals surface area contributed by atoms with Crippen LogP contribution in [0.1, 0.15) is 47.4 Å². The standard InChI is InChI=1S/C13H14N2O/c1-2-11-12(8-16)15-6-5-10(9-3-4-9)7-13(15)14-11/h5-9H,2-4H2,1H3. The molecule has 2 aromatic rings. The third-order valence-corrected chi connectivity index (χ3v) is 3.26. The summed E-state index contributed by atoms with van der Waals surface area (Å²) in [6.07, 6.45) is 6.25. The highest BCUT2D eigenvalue weighted by molar-refractivity contribution is 5.76. The molecule has 0 aromatic carbocycles. The molecule has 2 aromatic heterocycles. The van der Waals surface area contributed by atoms with Crippen molar-refractivity contribution < 1.29 is 4.79 Å². The maximum atomic E-state index is 11.0. The van der Waals surface area contributed by atoms with Gasteiger partial charge >= 0.3 is 0 Å². The number of rotatable bonds is 3. The average Bonchev–Trinajstić information content (AvgIpc) is 3.09. The topological polar surface area (TPSA) is 34.4 Å². The van der Waals surface area contributed by atoms with Crippen molar-refractivity contribution in [2.75, 3.05) is 0 Å². The van der Waals surface area contributed by atoms with Crippen LogP contribution < -0.4 is 0 Å². The van der Waals surface area contributed by atoms with E-state index in [1.54, 1.807) is 0 Å². The number of pyridine rings is 1. The van der Waals surface area contributed by atoms with Crippen LogP contribution in [0.4, 0.5) is 0 Å². The zero-order valence-corrected chi connectivity index (χ0v) is 9.31. The first-order valence-corrected chi connectivity index (χ1v) is 5.79. The van der Waals surface area contributed by atoms with Crippen LogP contribution in [0.3, 0.4) is 0 Å². The van der Waals surface area contributed by atoms with Crippen molar-refractivity contribution in [1.29, 1.82) is 0 Å². The number of fused-ring (bicyclic) bond motifs is 1. The molecule has 3 heteroatoms. The van der Waals surface area contributed by atoms with Gasteiger partial charge in [0.25, 0.3) is 0 Å². The minimum Gasteiger partial charge on any atom is -0.297 e. The lowest BCUT2D eigenvalue weighted by Crippen LogP contribution is -1.94. The molecule has 2 heterocycles. The number of carbonyl (C=O) groups is 1. The smallest absolute Gasteiger partial charge is 0.168 e. The molecule has 3 nitrogen and oxygen atoms in total. The zero-order chi connectivity index (χ0) is 11.1. The molecule has 0 bridgehead atoms. The fourth-order valence-electron chi connectivity index (χ4n) is 2.18. The van der Waals surface area contributed by atoms with Gasteiger partial charge in [-0.25, -0.2) is 4.98 Å². The molecule has 1 aliphatic rings. The molecule has 82 valence electrons. The Morgan fingerprint density at radius 2 is 2.38 bits per heavy atom. The Morgan fingerprint density at radius 3 is 3.00 bits per heavy atom. The number of aldehydes is 1. The predicted octanol–water partition coefficient (Wildman–Crippen LogP) is 2.59. The molecular weight excluding hydrogens is 200 g/mol. The van der Waals surface area contributed by atoms with E-state index in [4.69, 9.17) is 0 Å². The van der Waals surface area contributed by atoms with Crippen LogP contribution in [-0.4, -0.2) is 15.7 Å². The van der Waals surface area contributed by atoms with Crippen LogP contribution in [-0.2, 0) is 6.42 Å². The van der Waals surface area contributed by atoms with Gasteiger partial charge in [-0.05, 0) is 42.9 Å². The average molecular weight is 214 g/mol. The van der Waals surface area contributed by atoms with Gasteiger partial charge in [-0.1, -0.05) is 6.92 Å². The third-order valence-electron chi connectivity index (χ3n) is 3.26. The van der Waals surface area contributed by atoms with Gasteiger partial charge in [-0.2, -0.15) is 0 Å². The molecule has 0 radical (unpaired) electrons. The number of hydrogen-bond acceptors (Lipinski definition) is 2. The second-order valence-corrected chi connectivity index (χ2v) is 4.38. The van der Waals surface area contributed by atoms with Gasteiger partial charge in [-0.15, -0.1) is 0 Å². The van der Waals surface area contributed by atoms with Crippen LogP contribution in [0.5, 0.6) is 0 Å². The van der Waals surface area contributed by atoms with Gasteiger partial charge in [0.1, 0.15) is 11.3 Å². The Bertz CT molecular complexity index is 552. The summed E-state index contributed by atoms with van der Waals surface area (Å²) in [5, 5.41) is 0. The highest BCUT2D eigenvalue weighted by atomic mass is 16.1. The normalized spacial score (nSPS) is 15.6. The van der Waals surface area contributed by atoms with E-state index in [-0.39, 0.29) is 0 Å². The number of aromatic nitrogens is 2. The molecule has 0 spiro atoms. The van der Waals surface area contributed by atoms with Crippen LogP contribution in [0.2, 0.25) is 0 Å². The highest BCUT2D eigenvalue weighted by Crippen LogP contribution is 2.40. The first-order chi connectivity index (χ1) is 7.83. The van der Waals surface area contributed by atoms with Crippen molar-refractivity contribution in [2.45, 2.75) is 32.1 Å². The molecule has 0 aliphatic heterocycles. The van der Waals surface area contributed by atoms with Gasteiger partial charge in [0, 0.05) is 6.20 Å². The van der Waals surface area contributed by atoms with Crippen molar-refractivity contribution in [3.63, 3.8) is 0 Å². The van der Waals surface area contributed by atoms with E-state index in [0.29, 0.717) is 5.69 Å². The summed E-state index contributed by atoms with van der Waals surface area (Å²) in [5.74, 6) is 0.728. The Labute approximate surface area is 94.1 Å². The van der Waals surface area contributed by atoms with Crippen LogP contribution in [0, 0.1) is 0 Å². The molecule has 3 rings (SSSR count). The van der Waals surface area contributed by atoms with E-state index in [1.807, 2.05) is 17.5 Å². The van der Waals surface area contributed by atoms with Crippen molar-refractivity contribution in [2.24, 2.45) is 0 Å². The first kappa shape index (κ1) is 9.58. The van der Waals surface area contributed by atoms with E-state index in [9.17, 15) is 4.79 Å². The van der Waals surface area contributed by atoms with Crippen molar-refractivity contribution in [3.8, 4) is 0 Å². The predicted molar refractivity (Wildman–Crippen MR) is 61.9 cm³/mol. The maximum absolute atomic E-state index is 11.0. The molecule has 0 saturated heterocycles. The van der Waals surface area contributed by atoms with Gasteiger partial charge in [0.05, 0.1) is 5.69 Å². The Morgan fingerprint density at radius 1 is 1.56 bits per heavy atom. The molecular formula is C13H14N2O. The van der Waals surface area contributed by atoms with E-state index < -0.39 is 0 Å². The first-order valence-electron chi connectivity index (χ1n) is 5.79. The summed E-state index contributed by atoms with van der Waals surface area (Å²) in [5.41, 5.74) is 3.85. The number of hydrogen-bond donors (Lipinski definition) is 0. The molecule has 0 N–H and O–H groups in total. The monoisotopic (exact) mass is 214 g/mol. The van der Waals surface area contributed by atoms with E-state index in [1.165, 1.54) is 18.4 Å². The molecule has 0 unspecified atom stereocenters. The largest absolute Gasteiger partial charge is 0.297 e. The van der Waals surface area contributed by atoms with Crippen molar-refractivity contribution in [3.05, 3.63) is 35.3 Å². The summed E-state index contributed by atoms with van der Waals surface area (Å²) in [7, 11) is 0. The summed E-state index contributed by atoms with van der Waals surface area (Å²) >= 11 is 0. The van der Waals surface area contributed by atoms with Gasteiger partial charge in [0.2, 0.25) is 0 Å². The summed E-state index contributed by atoms with van der Waals surface area (Å²) in [6, 6.07) is 4.22. The summed E-state index contributed by atoms with van der Waals surface area (Å²) in [4.78, 5) is 15.5. The number of aryl methyl sites for hydroxylation is 1. The molecule has 16 heavy (non-hydrogen) atoms. The second-order valence-electron chi connectivity index (χ2n) is 4.38. The van der Waals surface area contributed by atoms with E-state index in [0.717, 1.165) is 30.0 Å². The maximum Gasteiger partial charge on any atom is 0.168 e. The fraction of sp³-hybridized carbons (Fsp3) is 0.385. The number of carbonyl (C=O) groups excluding carboxylic acids is 1. The number of imidazole rings is 1. The quantitative estimate of drug-likeness (QED) is 0.736. The second kappa shape index (κ2) is 3.44. The molecule has 1 aliphatic carbocycles. The van der Waals surface area contributed by atoms with Crippen LogP contribution in [0.25, 0.3) is 5.65 Å². The summed E-state index contributed by atoms with van der Waals surface area (Å²) < 4.78 is 1.89. The van der Waals surface area contributed by atoms with Gasteiger partial charge < -0.3 is 0 Å². The fourth-order valence-corrected chi connectivity index (χ4v) is 2.18. The van der Waals surface area contributed by atoms with Gasteiger partial charge in [0.15, 0.2) is 6.29 Å². The zero-order valence-electron chi connectivity index (χ0n) is 9.31. The lowest BCUT2D eigenvalue weighted by molar-refractivity contribution is 0.111. The number of nitrogens with zero attached hydrogens (tertiary/aromatic N) is 2. The third kappa shape index (κ3) is 1.35. The Hall–Kier alpha value is -1.64. The Balaban J connectivity index is 2.20. The van der Waals surface area contributed by atoms with Crippen molar-refractivity contribution in [1.82, 2.24) is 9.38 Å². The highest BCUT2D eigenvalue weighted by Gasteiger charge is 2.24. The summed E-state index contributed by atoms with van der Waals surface area (Å²) in [6.45, 7) is 2.02. The Kier molecular flexibility index (Phi) is 2.06. The van der Waals surface area contributed by atoms with Gasteiger partial charge in [-0.3, -0.25) is 9.20 Å². The molecule has 1 saturated carbocycles. The lowest BCUT2D eigenvalue weighted by Gasteiger charge is -1.99. The molecule has 1 fully saturated rings. The molecule has 0 atom stereocenters. The lowest BCUT2D eigenvalue weighted by atomic mass is 10.2.